The van der Waals surface area contributed by atoms with Gasteiger partial charge in [0, 0.05) is 6.20 Å². The number of nitrogens with zero attached hydrogens (tertiary/aromatic N) is 2. The standard InChI is InChI=1S/C9H5F3N2O/c10-9(11,12)8(15)6(5-13)7-3-1-2-4-14-7/h1-4,6H. The molecule has 1 atom stereocenters. The Balaban J connectivity index is 3.03. The maximum absolute atomic E-state index is 12.0. The maximum Gasteiger partial charge on any atom is 0.451 e. The lowest BCUT2D eigenvalue weighted by molar-refractivity contribution is -0.171. The van der Waals surface area contributed by atoms with Crippen LogP contribution in [-0.4, -0.2) is 16.9 Å². The van der Waals surface area contributed by atoms with Crippen LogP contribution in [0.1, 0.15) is 11.6 Å². The van der Waals surface area contributed by atoms with Crippen LogP contribution in [-0.2, 0) is 4.79 Å². The highest BCUT2D eigenvalue weighted by atomic mass is 19.4. The molecule has 78 valence electrons. The molecule has 0 spiro atoms. The number of ketones is 1. The van der Waals surface area contributed by atoms with Gasteiger partial charge >= 0.3 is 6.18 Å². The monoisotopic (exact) mass is 214 g/mol. The van der Waals surface area contributed by atoms with Gasteiger partial charge in [0.2, 0.25) is 0 Å². The van der Waals surface area contributed by atoms with Crippen LogP contribution >= 0.6 is 0 Å². The number of alkyl halides is 3. The van der Waals surface area contributed by atoms with Crippen LogP contribution in [0.15, 0.2) is 24.4 Å². The number of Topliss-reactive ketones (excluding diaryl/α,β-unsaturated/α-hetero) is 1. The Morgan fingerprint density at radius 1 is 1.47 bits per heavy atom. The van der Waals surface area contributed by atoms with Gasteiger partial charge < -0.3 is 0 Å². The van der Waals surface area contributed by atoms with Crippen molar-refractivity contribution in [3.8, 4) is 6.07 Å². The number of carbonyl (C=O) groups excluding carboxylic acids is 1. The van der Waals surface area contributed by atoms with Crippen LogP contribution in [0.5, 0.6) is 0 Å². The van der Waals surface area contributed by atoms with Crippen LogP contribution < -0.4 is 0 Å². The Morgan fingerprint density at radius 2 is 2.13 bits per heavy atom. The summed E-state index contributed by atoms with van der Waals surface area (Å²) in [5.74, 6) is -3.98. The predicted octanol–water partition coefficient (Wildman–Crippen LogP) is 1.82. The summed E-state index contributed by atoms with van der Waals surface area (Å²) in [5, 5.41) is 8.50. The summed E-state index contributed by atoms with van der Waals surface area (Å²) in [6, 6.07) is 5.39. The molecule has 0 aliphatic heterocycles. The molecule has 0 saturated heterocycles. The van der Waals surface area contributed by atoms with Crippen molar-refractivity contribution in [2.75, 3.05) is 0 Å². The van der Waals surface area contributed by atoms with E-state index in [-0.39, 0.29) is 5.69 Å². The molecule has 0 radical (unpaired) electrons. The molecule has 0 aromatic carbocycles. The largest absolute Gasteiger partial charge is 0.451 e. The van der Waals surface area contributed by atoms with Crippen molar-refractivity contribution in [3.63, 3.8) is 0 Å². The molecule has 0 amide bonds. The molecule has 1 rings (SSSR count). The van der Waals surface area contributed by atoms with Crippen molar-refractivity contribution in [1.29, 1.82) is 5.26 Å². The average Bonchev–Trinajstić information content (AvgIpc) is 2.19. The van der Waals surface area contributed by atoms with Crippen molar-refractivity contribution in [2.24, 2.45) is 0 Å². The van der Waals surface area contributed by atoms with E-state index in [1.165, 1.54) is 30.5 Å². The van der Waals surface area contributed by atoms with E-state index in [2.05, 4.69) is 4.98 Å². The Hall–Kier alpha value is -1.90. The van der Waals surface area contributed by atoms with E-state index in [4.69, 9.17) is 5.26 Å². The predicted molar refractivity (Wildman–Crippen MR) is 43.7 cm³/mol. The molecular weight excluding hydrogens is 209 g/mol. The van der Waals surface area contributed by atoms with Gasteiger partial charge in [-0.25, -0.2) is 0 Å². The van der Waals surface area contributed by atoms with E-state index in [0.717, 1.165) is 0 Å². The molecule has 0 aliphatic carbocycles. The minimum atomic E-state index is -5.02. The summed E-state index contributed by atoms with van der Waals surface area (Å²) in [6.07, 6.45) is -3.79. The molecule has 0 fully saturated rings. The van der Waals surface area contributed by atoms with Crippen LogP contribution in [0, 0.1) is 11.3 Å². The lowest BCUT2D eigenvalue weighted by Gasteiger charge is -2.09. The van der Waals surface area contributed by atoms with E-state index in [1.807, 2.05) is 0 Å². The number of hydrogen-bond acceptors (Lipinski definition) is 3. The van der Waals surface area contributed by atoms with Gasteiger partial charge in [0.15, 0.2) is 5.92 Å². The Labute approximate surface area is 83.2 Å². The number of halogens is 3. The summed E-state index contributed by atoms with van der Waals surface area (Å²) in [6.45, 7) is 0. The van der Waals surface area contributed by atoms with Crippen LogP contribution in [0.25, 0.3) is 0 Å². The van der Waals surface area contributed by atoms with Gasteiger partial charge in [-0.2, -0.15) is 18.4 Å². The topological polar surface area (TPSA) is 53.8 Å². The average molecular weight is 214 g/mol. The van der Waals surface area contributed by atoms with Crippen molar-refractivity contribution in [3.05, 3.63) is 30.1 Å². The van der Waals surface area contributed by atoms with Gasteiger partial charge in [-0.1, -0.05) is 6.07 Å². The fourth-order valence-electron chi connectivity index (χ4n) is 0.969. The van der Waals surface area contributed by atoms with Crippen molar-refractivity contribution in [2.45, 2.75) is 12.1 Å². The molecule has 0 N–H and O–H groups in total. The first kappa shape index (κ1) is 11.2. The molecule has 1 aromatic rings. The smallest absolute Gasteiger partial charge is 0.288 e. The number of aromatic nitrogens is 1. The van der Waals surface area contributed by atoms with Crippen molar-refractivity contribution in [1.82, 2.24) is 4.98 Å². The molecule has 15 heavy (non-hydrogen) atoms. The minimum absolute atomic E-state index is 0.192. The Bertz CT molecular complexity index is 394. The van der Waals surface area contributed by atoms with Gasteiger partial charge in [0.25, 0.3) is 5.78 Å². The van der Waals surface area contributed by atoms with Crippen molar-refractivity contribution < 1.29 is 18.0 Å². The Morgan fingerprint density at radius 3 is 2.53 bits per heavy atom. The van der Waals surface area contributed by atoms with Gasteiger partial charge in [-0.05, 0) is 12.1 Å². The lowest BCUT2D eigenvalue weighted by Crippen LogP contribution is -2.28. The first-order valence-electron chi connectivity index (χ1n) is 3.88. The Kier molecular flexibility index (Phi) is 3.04. The van der Waals surface area contributed by atoms with Gasteiger partial charge in [-0.3, -0.25) is 9.78 Å². The van der Waals surface area contributed by atoms with Crippen LogP contribution in [0.2, 0.25) is 0 Å². The quantitative estimate of drug-likeness (QED) is 0.754. The van der Waals surface area contributed by atoms with E-state index in [1.54, 1.807) is 0 Å². The third-order valence-corrected chi connectivity index (χ3v) is 1.65. The number of pyridine rings is 1. The summed E-state index contributed by atoms with van der Waals surface area (Å²) in [7, 11) is 0. The van der Waals surface area contributed by atoms with E-state index < -0.39 is 17.9 Å². The summed E-state index contributed by atoms with van der Waals surface area (Å²) < 4.78 is 36.1. The van der Waals surface area contributed by atoms with Gasteiger partial charge in [0.1, 0.15) is 0 Å². The van der Waals surface area contributed by atoms with Crippen LogP contribution in [0.3, 0.4) is 0 Å². The fraction of sp³-hybridized carbons (Fsp3) is 0.222. The normalized spacial score (nSPS) is 12.9. The van der Waals surface area contributed by atoms with Crippen molar-refractivity contribution >= 4 is 5.78 Å². The zero-order valence-electron chi connectivity index (χ0n) is 7.32. The molecule has 6 heteroatoms. The second-order valence-corrected chi connectivity index (χ2v) is 2.68. The highest BCUT2D eigenvalue weighted by molar-refractivity contribution is 5.92. The van der Waals surface area contributed by atoms with Crippen LogP contribution in [0.4, 0.5) is 13.2 Å². The van der Waals surface area contributed by atoms with E-state index >= 15 is 0 Å². The minimum Gasteiger partial charge on any atom is -0.288 e. The molecule has 0 aliphatic rings. The fourth-order valence-corrected chi connectivity index (χ4v) is 0.969. The second-order valence-electron chi connectivity index (χ2n) is 2.68. The molecule has 1 heterocycles. The lowest BCUT2D eigenvalue weighted by atomic mass is 10.0. The zero-order chi connectivity index (χ0) is 11.5. The molecule has 3 nitrogen and oxygen atoms in total. The number of hydrogen-bond donors (Lipinski definition) is 0. The molecule has 0 bridgehead atoms. The number of carbonyl (C=O) groups is 1. The van der Waals surface area contributed by atoms with E-state index in [0.29, 0.717) is 0 Å². The molecule has 1 aromatic heterocycles. The molecule has 0 saturated carbocycles. The summed E-state index contributed by atoms with van der Waals surface area (Å²) >= 11 is 0. The summed E-state index contributed by atoms with van der Waals surface area (Å²) in [4.78, 5) is 14.3. The third-order valence-electron chi connectivity index (χ3n) is 1.65. The number of nitriles is 1. The first-order valence-corrected chi connectivity index (χ1v) is 3.88. The summed E-state index contributed by atoms with van der Waals surface area (Å²) in [5.41, 5.74) is -0.192. The third kappa shape index (κ3) is 2.53. The number of rotatable bonds is 2. The van der Waals surface area contributed by atoms with E-state index in [9.17, 15) is 18.0 Å². The molecule has 1 unspecified atom stereocenters. The second kappa shape index (κ2) is 4.09. The highest BCUT2D eigenvalue weighted by Gasteiger charge is 2.44. The first-order chi connectivity index (χ1) is 6.96. The zero-order valence-corrected chi connectivity index (χ0v) is 7.32. The SMILES string of the molecule is N#CC(C(=O)C(F)(F)F)c1ccccn1. The maximum atomic E-state index is 12.0. The van der Waals surface area contributed by atoms with Gasteiger partial charge in [-0.15, -0.1) is 0 Å². The highest BCUT2D eigenvalue weighted by Crippen LogP contribution is 2.25. The molecular formula is C9H5F3N2O. The van der Waals surface area contributed by atoms with Gasteiger partial charge in [0.05, 0.1) is 11.8 Å².